The minimum absolute atomic E-state index is 0.0117. The molecule has 0 bridgehead atoms. The van der Waals surface area contributed by atoms with Crippen molar-refractivity contribution in [1.82, 2.24) is 20.4 Å². The van der Waals surface area contributed by atoms with E-state index in [2.05, 4.69) is 20.4 Å². The van der Waals surface area contributed by atoms with E-state index in [4.69, 9.17) is 16.1 Å². The van der Waals surface area contributed by atoms with Gasteiger partial charge in [0.2, 0.25) is 0 Å². The maximum atomic E-state index is 12.1. The van der Waals surface area contributed by atoms with Gasteiger partial charge in [0.05, 0.1) is 27.3 Å². The number of rotatable bonds is 4. The maximum absolute atomic E-state index is 12.1. The zero-order valence-electron chi connectivity index (χ0n) is 13.5. The lowest BCUT2D eigenvalue weighted by Gasteiger charge is -2.30. The number of halogens is 1. The molecular formula is C15H19ClN4O3S. The van der Waals surface area contributed by atoms with E-state index in [1.807, 2.05) is 7.05 Å². The first kappa shape index (κ1) is 17.3. The standard InChI is InChI=1S/C15H19ClN4O3S/c1-3-24(21,22)10-4-5-12(16)11(8-10)15-18-14(19-23-15)13-9-17-6-7-20(13)2/h4-5,8,13,17H,3,6-7,9H2,1-2H3. The molecule has 1 aromatic heterocycles. The van der Waals surface area contributed by atoms with Gasteiger partial charge in [0, 0.05) is 19.6 Å². The number of hydrogen-bond donors (Lipinski definition) is 1. The Hall–Kier alpha value is -1.48. The molecule has 1 fully saturated rings. The normalized spacial score (nSPS) is 19.5. The third-order valence-electron chi connectivity index (χ3n) is 4.16. The van der Waals surface area contributed by atoms with Crippen LogP contribution in [-0.2, 0) is 9.84 Å². The SMILES string of the molecule is CCS(=O)(=O)c1ccc(Cl)c(-c2nc(C3CNCCN3C)no2)c1. The molecule has 2 heterocycles. The van der Waals surface area contributed by atoms with Crippen LogP contribution in [0.5, 0.6) is 0 Å². The van der Waals surface area contributed by atoms with Gasteiger partial charge >= 0.3 is 0 Å². The van der Waals surface area contributed by atoms with Crippen LogP contribution in [0.1, 0.15) is 18.8 Å². The van der Waals surface area contributed by atoms with Crippen molar-refractivity contribution in [3.05, 3.63) is 29.0 Å². The Morgan fingerprint density at radius 1 is 1.46 bits per heavy atom. The molecule has 1 aromatic carbocycles. The summed E-state index contributed by atoms with van der Waals surface area (Å²) in [4.78, 5) is 6.76. The molecule has 1 atom stereocenters. The molecular weight excluding hydrogens is 352 g/mol. The topological polar surface area (TPSA) is 88.3 Å². The number of nitrogens with zero attached hydrogens (tertiary/aromatic N) is 3. The lowest BCUT2D eigenvalue weighted by atomic mass is 10.2. The van der Waals surface area contributed by atoms with Crippen molar-refractivity contribution in [3.8, 4) is 11.5 Å². The molecule has 2 aromatic rings. The fraction of sp³-hybridized carbons (Fsp3) is 0.467. The fourth-order valence-electron chi connectivity index (χ4n) is 2.60. The van der Waals surface area contributed by atoms with Crippen LogP contribution in [0.4, 0.5) is 0 Å². The third-order valence-corrected chi connectivity index (χ3v) is 6.22. The van der Waals surface area contributed by atoms with Gasteiger partial charge in [0.1, 0.15) is 0 Å². The summed E-state index contributed by atoms with van der Waals surface area (Å²) in [7, 11) is -1.33. The molecule has 0 aliphatic carbocycles. The van der Waals surface area contributed by atoms with E-state index in [9.17, 15) is 8.42 Å². The van der Waals surface area contributed by atoms with Crippen molar-refractivity contribution in [3.63, 3.8) is 0 Å². The number of sulfone groups is 1. The van der Waals surface area contributed by atoms with Gasteiger partial charge in [-0.25, -0.2) is 8.42 Å². The Balaban J connectivity index is 1.96. The van der Waals surface area contributed by atoms with Gasteiger partial charge in [-0.3, -0.25) is 4.90 Å². The molecule has 0 amide bonds. The van der Waals surface area contributed by atoms with Gasteiger partial charge < -0.3 is 9.84 Å². The molecule has 1 saturated heterocycles. The Morgan fingerprint density at radius 2 is 2.25 bits per heavy atom. The van der Waals surface area contributed by atoms with Crippen LogP contribution in [0, 0.1) is 0 Å². The van der Waals surface area contributed by atoms with Crippen molar-refractivity contribution in [2.24, 2.45) is 0 Å². The fourth-order valence-corrected chi connectivity index (χ4v) is 3.71. The summed E-state index contributed by atoms with van der Waals surface area (Å²) in [5.41, 5.74) is 0.427. The van der Waals surface area contributed by atoms with Gasteiger partial charge in [-0.15, -0.1) is 0 Å². The number of benzene rings is 1. The predicted molar refractivity (Wildman–Crippen MR) is 90.7 cm³/mol. The van der Waals surface area contributed by atoms with Gasteiger partial charge in [0.25, 0.3) is 5.89 Å². The molecule has 3 rings (SSSR count). The van der Waals surface area contributed by atoms with E-state index in [0.29, 0.717) is 16.4 Å². The van der Waals surface area contributed by atoms with Crippen LogP contribution in [0.2, 0.25) is 5.02 Å². The number of likely N-dealkylation sites (N-methyl/N-ethyl adjacent to an activating group) is 1. The highest BCUT2D eigenvalue weighted by atomic mass is 35.5. The highest BCUT2D eigenvalue weighted by molar-refractivity contribution is 7.91. The largest absolute Gasteiger partial charge is 0.334 e. The number of hydrogen-bond acceptors (Lipinski definition) is 7. The summed E-state index contributed by atoms with van der Waals surface area (Å²) >= 11 is 6.20. The first-order chi connectivity index (χ1) is 11.4. The highest BCUT2D eigenvalue weighted by Gasteiger charge is 2.26. The summed E-state index contributed by atoms with van der Waals surface area (Å²) in [6.45, 7) is 4.13. The van der Waals surface area contributed by atoms with E-state index in [1.165, 1.54) is 18.2 Å². The lowest BCUT2D eigenvalue weighted by molar-refractivity contribution is 0.190. The average molecular weight is 371 g/mol. The summed E-state index contributed by atoms with van der Waals surface area (Å²) in [5, 5.41) is 7.71. The number of piperazine rings is 1. The van der Waals surface area contributed by atoms with Crippen molar-refractivity contribution >= 4 is 21.4 Å². The Bertz CT molecular complexity index is 837. The van der Waals surface area contributed by atoms with Crippen molar-refractivity contribution in [2.75, 3.05) is 32.4 Å². The van der Waals surface area contributed by atoms with Crippen LogP contribution in [0.15, 0.2) is 27.6 Å². The van der Waals surface area contributed by atoms with Gasteiger partial charge in [-0.1, -0.05) is 23.7 Å². The zero-order chi connectivity index (χ0) is 17.3. The minimum Gasteiger partial charge on any atom is -0.334 e. The van der Waals surface area contributed by atoms with Gasteiger partial charge in [0.15, 0.2) is 15.7 Å². The molecule has 1 aliphatic heterocycles. The first-order valence-corrected chi connectivity index (χ1v) is 9.72. The first-order valence-electron chi connectivity index (χ1n) is 7.69. The van der Waals surface area contributed by atoms with E-state index in [1.54, 1.807) is 6.92 Å². The van der Waals surface area contributed by atoms with Crippen molar-refractivity contribution in [2.45, 2.75) is 17.9 Å². The lowest BCUT2D eigenvalue weighted by Crippen LogP contribution is -2.44. The smallest absolute Gasteiger partial charge is 0.259 e. The second kappa shape index (κ2) is 6.79. The highest BCUT2D eigenvalue weighted by Crippen LogP contribution is 2.31. The van der Waals surface area contributed by atoms with Crippen LogP contribution in [-0.4, -0.2) is 55.9 Å². The summed E-state index contributed by atoms with van der Waals surface area (Å²) in [5.74, 6) is 0.795. The molecule has 1 aliphatic rings. The van der Waals surface area contributed by atoms with E-state index >= 15 is 0 Å². The molecule has 0 radical (unpaired) electrons. The average Bonchev–Trinajstić information content (AvgIpc) is 3.05. The molecule has 1 N–H and O–H groups in total. The number of aromatic nitrogens is 2. The molecule has 0 saturated carbocycles. The number of nitrogens with one attached hydrogen (secondary N) is 1. The Kier molecular flexibility index (Phi) is 4.91. The van der Waals surface area contributed by atoms with Gasteiger partial charge in [-0.05, 0) is 25.2 Å². The van der Waals surface area contributed by atoms with E-state index in [-0.39, 0.29) is 22.6 Å². The van der Waals surface area contributed by atoms with Gasteiger partial charge in [-0.2, -0.15) is 4.98 Å². The minimum atomic E-state index is -3.33. The maximum Gasteiger partial charge on any atom is 0.259 e. The monoisotopic (exact) mass is 370 g/mol. The van der Waals surface area contributed by atoms with Crippen LogP contribution >= 0.6 is 11.6 Å². The second-order valence-corrected chi connectivity index (χ2v) is 8.39. The summed E-state index contributed by atoms with van der Waals surface area (Å²) in [6, 6.07) is 4.53. The summed E-state index contributed by atoms with van der Waals surface area (Å²) < 4.78 is 29.5. The molecule has 130 valence electrons. The van der Waals surface area contributed by atoms with Crippen LogP contribution < -0.4 is 5.32 Å². The molecule has 1 unspecified atom stereocenters. The Morgan fingerprint density at radius 3 is 2.96 bits per heavy atom. The van der Waals surface area contributed by atoms with Crippen molar-refractivity contribution in [1.29, 1.82) is 0 Å². The molecule has 24 heavy (non-hydrogen) atoms. The molecule has 0 spiro atoms. The third kappa shape index (κ3) is 3.32. The molecule has 9 heteroatoms. The van der Waals surface area contributed by atoms with Crippen LogP contribution in [0.3, 0.4) is 0 Å². The van der Waals surface area contributed by atoms with Crippen LogP contribution in [0.25, 0.3) is 11.5 Å². The Labute approximate surface area is 145 Å². The van der Waals surface area contributed by atoms with E-state index < -0.39 is 9.84 Å². The van der Waals surface area contributed by atoms with E-state index in [0.717, 1.165) is 19.6 Å². The summed E-state index contributed by atoms with van der Waals surface area (Å²) in [6.07, 6.45) is 0. The zero-order valence-corrected chi connectivity index (χ0v) is 15.1. The predicted octanol–water partition coefficient (Wildman–Crippen LogP) is 1.76. The quantitative estimate of drug-likeness (QED) is 0.877. The second-order valence-electron chi connectivity index (χ2n) is 5.70. The van der Waals surface area contributed by atoms with Crippen molar-refractivity contribution < 1.29 is 12.9 Å². The molecule has 7 nitrogen and oxygen atoms in total.